The highest BCUT2D eigenvalue weighted by Crippen LogP contribution is 2.51. The van der Waals surface area contributed by atoms with Gasteiger partial charge in [0.2, 0.25) is 5.91 Å². The van der Waals surface area contributed by atoms with Crippen LogP contribution in [-0.2, 0) is 26.3 Å². The fourth-order valence-corrected chi connectivity index (χ4v) is 4.78. The van der Waals surface area contributed by atoms with Crippen molar-refractivity contribution in [2.24, 2.45) is 0 Å². The Morgan fingerprint density at radius 3 is 2.52 bits per heavy atom. The van der Waals surface area contributed by atoms with Crippen LogP contribution < -0.4 is 4.90 Å². The second-order valence-corrected chi connectivity index (χ2v) is 7.94. The predicted molar refractivity (Wildman–Crippen MR) is 108 cm³/mol. The molecule has 4 rings (SSSR count). The van der Waals surface area contributed by atoms with Gasteiger partial charge >= 0.3 is 5.97 Å². The van der Waals surface area contributed by atoms with Gasteiger partial charge < -0.3 is 9.64 Å². The first-order valence-electron chi connectivity index (χ1n) is 9.60. The Labute approximate surface area is 174 Å². The molecule has 0 N–H and O–H groups in total. The number of hydrogen-bond donors (Lipinski definition) is 0. The van der Waals surface area contributed by atoms with Gasteiger partial charge in [-0.15, -0.1) is 0 Å². The van der Waals surface area contributed by atoms with Gasteiger partial charge in [0.1, 0.15) is 12.4 Å². The molecule has 0 bridgehead atoms. The molecule has 0 aromatic heterocycles. The number of carbonyl (C=O) groups is 2. The summed E-state index contributed by atoms with van der Waals surface area (Å²) in [5.74, 6) is -1.28. The maximum absolute atomic E-state index is 14.3. The molecule has 152 valence electrons. The molecule has 7 heteroatoms. The molecule has 2 aliphatic rings. The van der Waals surface area contributed by atoms with Crippen LogP contribution in [0.5, 0.6) is 0 Å². The van der Waals surface area contributed by atoms with E-state index in [1.165, 1.54) is 29.7 Å². The van der Waals surface area contributed by atoms with Crippen molar-refractivity contribution in [3.8, 4) is 0 Å². The third-order valence-corrected chi connectivity index (χ3v) is 6.34. The lowest BCUT2D eigenvalue weighted by Gasteiger charge is -2.38. The number of carbonyl (C=O) groups excluding carboxylic acids is 2. The molecule has 0 saturated carbocycles. The minimum Gasteiger partial charge on any atom is -0.468 e. The summed E-state index contributed by atoms with van der Waals surface area (Å²) in [5.41, 5.74) is 1.31. The number of methoxy groups -OCH3 is 1. The highest BCUT2D eigenvalue weighted by atomic mass is 35.5. The number of likely N-dealkylation sites (tertiary alicyclic amines) is 1. The third-order valence-electron chi connectivity index (χ3n) is 5.97. The number of piperidine rings is 1. The van der Waals surface area contributed by atoms with Crippen molar-refractivity contribution in [2.75, 3.05) is 31.6 Å². The van der Waals surface area contributed by atoms with Crippen molar-refractivity contribution in [1.29, 1.82) is 0 Å². The monoisotopic (exact) mass is 416 g/mol. The van der Waals surface area contributed by atoms with E-state index in [4.69, 9.17) is 16.3 Å². The van der Waals surface area contributed by atoms with Crippen LogP contribution in [0.4, 0.5) is 10.1 Å². The minimum atomic E-state index is -0.907. The number of fused-ring (bicyclic) bond motifs is 2. The van der Waals surface area contributed by atoms with E-state index in [-0.39, 0.29) is 17.5 Å². The largest absolute Gasteiger partial charge is 0.468 e. The summed E-state index contributed by atoms with van der Waals surface area (Å²) in [6, 6.07) is 12.9. The topological polar surface area (TPSA) is 49.9 Å². The molecule has 29 heavy (non-hydrogen) atoms. The van der Waals surface area contributed by atoms with Crippen molar-refractivity contribution in [3.05, 3.63) is 64.4 Å². The molecular formula is C22H22ClFN2O3. The van der Waals surface area contributed by atoms with Gasteiger partial charge in [-0.1, -0.05) is 41.9 Å². The van der Waals surface area contributed by atoms with E-state index in [9.17, 15) is 14.0 Å². The Hall–Kier alpha value is -2.44. The van der Waals surface area contributed by atoms with E-state index in [1.807, 2.05) is 18.2 Å². The van der Waals surface area contributed by atoms with Gasteiger partial charge in [-0.05, 0) is 43.6 Å². The molecule has 2 aromatic rings. The summed E-state index contributed by atoms with van der Waals surface area (Å²) in [7, 11) is 1.28. The van der Waals surface area contributed by atoms with Gasteiger partial charge in [-0.2, -0.15) is 0 Å². The molecule has 1 fully saturated rings. The average Bonchev–Trinajstić information content (AvgIpc) is 2.96. The molecule has 2 aliphatic heterocycles. The van der Waals surface area contributed by atoms with Gasteiger partial charge in [0.05, 0.1) is 23.2 Å². The molecule has 0 aliphatic carbocycles. The quantitative estimate of drug-likeness (QED) is 0.715. The number of amides is 1. The first kappa shape index (κ1) is 19.9. The van der Waals surface area contributed by atoms with E-state index in [0.717, 1.165) is 6.54 Å². The standard InChI is InChI=1S/C22H22ClFN2O3/c1-29-18(27)14-26-17-8-7-16(24)20(23)19(17)22(21(26)28)9-11-25(12-10-22)13-15-5-3-2-4-6-15/h2-8H,9-14H2,1H3. The Balaban J connectivity index is 1.63. The summed E-state index contributed by atoms with van der Waals surface area (Å²) in [6.45, 7) is 1.94. The van der Waals surface area contributed by atoms with Gasteiger partial charge in [-0.3, -0.25) is 14.5 Å². The van der Waals surface area contributed by atoms with E-state index in [0.29, 0.717) is 37.2 Å². The van der Waals surface area contributed by atoms with E-state index in [2.05, 4.69) is 17.0 Å². The second kappa shape index (κ2) is 7.76. The summed E-state index contributed by atoms with van der Waals surface area (Å²) in [5, 5.41) is -0.0280. The van der Waals surface area contributed by atoms with Crippen molar-refractivity contribution in [2.45, 2.75) is 24.8 Å². The average molecular weight is 417 g/mol. The van der Waals surface area contributed by atoms with E-state index < -0.39 is 17.2 Å². The number of esters is 1. The number of halogens is 2. The van der Waals surface area contributed by atoms with Crippen LogP contribution in [0.1, 0.15) is 24.0 Å². The van der Waals surface area contributed by atoms with E-state index in [1.54, 1.807) is 0 Å². The van der Waals surface area contributed by atoms with Crippen LogP contribution in [0.2, 0.25) is 5.02 Å². The lowest BCUT2D eigenvalue weighted by molar-refractivity contribution is -0.140. The highest BCUT2D eigenvalue weighted by Gasteiger charge is 2.54. The normalized spacial score (nSPS) is 18.2. The molecule has 1 spiro atoms. The first-order valence-corrected chi connectivity index (χ1v) is 9.97. The van der Waals surface area contributed by atoms with Crippen LogP contribution >= 0.6 is 11.6 Å². The zero-order valence-electron chi connectivity index (χ0n) is 16.2. The van der Waals surface area contributed by atoms with Gasteiger partial charge in [0, 0.05) is 12.1 Å². The SMILES string of the molecule is COC(=O)CN1C(=O)C2(CCN(Cc3ccccc3)CC2)c2c1ccc(F)c2Cl. The van der Waals surface area contributed by atoms with Crippen molar-refractivity contribution in [3.63, 3.8) is 0 Å². The number of ether oxygens (including phenoxy) is 1. The maximum Gasteiger partial charge on any atom is 0.325 e. The van der Waals surface area contributed by atoms with Crippen LogP contribution in [0.15, 0.2) is 42.5 Å². The van der Waals surface area contributed by atoms with Crippen LogP contribution in [-0.4, -0.2) is 43.5 Å². The second-order valence-electron chi connectivity index (χ2n) is 7.57. The highest BCUT2D eigenvalue weighted by molar-refractivity contribution is 6.33. The smallest absolute Gasteiger partial charge is 0.325 e. The Bertz CT molecular complexity index is 943. The van der Waals surface area contributed by atoms with Crippen molar-refractivity contribution >= 4 is 29.2 Å². The zero-order chi connectivity index (χ0) is 20.6. The number of hydrogen-bond acceptors (Lipinski definition) is 4. The van der Waals surface area contributed by atoms with Gasteiger partial charge in [0.15, 0.2) is 0 Å². The van der Waals surface area contributed by atoms with Gasteiger partial charge in [-0.25, -0.2) is 4.39 Å². The summed E-state index contributed by atoms with van der Waals surface area (Å²) >= 11 is 6.35. The van der Waals surface area contributed by atoms with Crippen LogP contribution in [0.3, 0.4) is 0 Å². The molecule has 1 saturated heterocycles. The number of anilines is 1. The maximum atomic E-state index is 14.3. The fraction of sp³-hybridized carbons (Fsp3) is 0.364. The van der Waals surface area contributed by atoms with Crippen molar-refractivity contribution in [1.82, 2.24) is 4.90 Å². The summed E-state index contributed by atoms with van der Waals surface area (Å²) in [4.78, 5) is 29.0. The molecule has 5 nitrogen and oxygen atoms in total. The summed E-state index contributed by atoms with van der Waals surface area (Å²) < 4.78 is 19.0. The molecule has 0 atom stereocenters. The molecule has 0 unspecified atom stereocenters. The Morgan fingerprint density at radius 2 is 1.86 bits per heavy atom. The third kappa shape index (κ3) is 3.40. The lowest BCUT2D eigenvalue weighted by Crippen LogP contribution is -2.49. The first-order chi connectivity index (χ1) is 14.0. The fourth-order valence-electron chi connectivity index (χ4n) is 4.44. The van der Waals surface area contributed by atoms with Crippen LogP contribution in [0.25, 0.3) is 0 Å². The molecule has 1 amide bonds. The molecule has 0 radical (unpaired) electrons. The number of rotatable bonds is 4. The number of benzene rings is 2. The lowest BCUT2D eigenvalue weighted by atomic mass is 9.73. The Morgan fingerprint density at radius 1 is 1.17 bits per heavy atom. The summed E-state index contributed by atoms with van der Waals surface area (Å²) in [6.07, 6.45) is 1.04. The van der Waals surface area contributed by atoms with E-state index >= 15 is 0 Å². The molecule has 2 aromatic carbocycles. The van der Waals surface area contributed by atoms with Gasteiger partial charge in [0.25, 0.3) is 0 Å². The van der Waals surface area contributed by atoms with Crippen molar-refractivity contribution < 1.29 is 18.7 Å². The minimum absolute atomic E-state index is 0.0280. The zero-order valence-corrected chi connectivity index (χ0v) is 16.9. The predicted octanol–water partition coefficient (Wildman–Crippen LogP) is 3.53. The molecular weight excluding hydrogens is 395 g/mol. The Kier molecular flexibility index (Phi) is 5.32. The van der Waals surface area contributed by atoms with Crippen LogP contribution in [0, 0.1) is 5.82 Å². The number of nitrogens with zero attached hydrogens (tertiary/aromatic N) is 2. The molecule has 2 heterocycles.